The second kappa shape index (κ2) is 7.48. The highest BCUT2D eigenvalue weighted by Gasteiger charge is 2.59. The molecule has 4 rings (SSSR count). The molecule has 2 aromatic rings. The van der Waals surface area contributed by atoms with E-state index in [1.165, 1.54) is 18.9 Å². The molecule has 0 saturated carbocycles. The second-order valence-corrected chi connectivity index (χ2v) is 8.02. The molecule has 2 aliphatic rings. The summed E-state index contributed by atoms with van der Waals surface area (Å²) in [6.45, 7) is 0.912. The van der Waals surface area contributed by atoms with Crippen molar-refractivity contribution in [3.8, 4) is 5.75 Å². The van der Waals surface area contributed by atoms with E-state index in [-0.39, 0.29) is 18.4 Å². The number of thioether (sulfide) groups is 1. The van der Waals surface area contributed by atoms with Gasteiger partial charge in [-0.1, -0.05) is 30.3 Å². The number of carbonyl (C=O) groups excluding carboxylic acids is 2. The van der Waals surface area contributed by atoms with Gasteiger partial charge in [0.05, 0.1) is 19.3 Å². The second-order valence-electron chi connectivity index (χ2n) is 6.73. The van der Waals surface area contributed by atoms with Crippen molar-refractivity contribution in [2.45, 2.75) is 11.4 Å². The number of para-hydroxylation sites is 1. The van der Waals surface area contributed by atoms with E-state index in [0.717, 1.165) is 22.6 Å². The van der Waals surface area contributed by atoms with E-state index in [4.69, 9.17) is 9.47 Å². The monoisotopic (exact) mass is 398 g/mol. The zero-order chi connectivity index (χ0) is 19.7. The van der Waals surface area contributed by atoms with Crippen LogP contribution in [0, 0.1) is 0 Å². The SMILES string of the molecule is COCC(=O)N1CCS[C@]12C(=O)N(Cc1cccc(OC)c1)c1ccccc12. The predicted molar refractivity (Wildman–Crippen MR) is 108 cm³/mol. The summed E-state index contributed by atoms with van der Waals surface area (Å²) in [5, 5.41) is 0. The molecular formula is C21H22N2O4S. The maximum Gasteiger partial charge on any atom is 0.268 e. The van der Waals surface area contributed by atoms with Crippen molar-refractivity contribution < 1.29 is 19.1 Å². The molecule has 146 valence electrons. The Morgan fingerprint density at radius 1 is 1.18 bits per heavy atom. The Morgan fingerprint density at radius 2 is 2.00 bits per heavy atom. The van der Waals surface area contributed by atoms with E-state index in [0.29, 0.717) is 18.8 Å². The first-order chi connectivity index (χ1) is 13.6. The third-order valence-electron chi connectivity index (χ3n) is 5.14. The lowest BCUT2D eigenvalue weighted by Gasteiger charge is -2.33. The Bertz CT molecular complexity index is 919. The molecule has 2 aliphatic heterocycles. The molecule has 7 heteroatoms. The third-order valence-corrected chi connectivity index (χ3v) is 6.56. The standard InChI is InChI=1S/C21H22N2O4S/c1-26-14-19(24)23-10-11-28-21(23)17-8-3-4-9-18(17)22(20(21)25)13-15-6-5-7-16(12-15)27-2/h3-9,12H,10-11,13-14H2,1-2H3/t21-/m1/s1. The summed E-state index contributed by atoms with van der Waals surface area (Å²) < 4.78 is 10.4. The maximum atomic E-state index is 13.7. The van der Waals surface area contributed by atoms with Crippen molar-refractivity contribution in [3.63, 3.8) is 0 Å². The van der Waals surface area contributed by atoms with Crippen molar-refractivity contribution in [2.24, 2.45) is 0 Å². The summed E-state index contributed by atoms with van der Waals surface area (Å²) in [7, 11) is 3.12. The number of hydrogen-bond acceptors (Lipinski definition) is 5. The molecule has 2 amide bonds. The van der Waals surface area contributed by atoms with Gasteiger partial charge in [-0.3, -0.25) is 9.59 Å². The largest absolute Gasteiger partial charge is 0.497 e. The molecule has 0 aliphatic carbocycles. The molecule has 28 heavy (non-hydrogen) atoms. The lowest BCUT2D eigenvalue weighted by atomic mass is 10.1. The fourth-order valence-electron chi connectivity index (χ4n) is 3.94. The highest BCUT2D eigenvalue weighted by atomic mass is 32.2. The molecule has 2 heterocycles. The number of ether oxygens (including phenoxy) is 2. The first-order valence-corrected chi connectivity index (χ1v) is 10.1. The number of hydrogen-bond donors (Lipinski definition) is 0. The molecule has 0 aromatic heterocycles. The number of benzene rings is 2. The Balaban J connectivity index is 1.75. The summed E-state index contributed by atoms with van der Waals surface area (Å²) in [6, 6.07) is 15.4. The molecule has 6 nitrogen and oxygen atoms in total. The molecule has 0 N–H and O–H groups in total. The van der Waals surface area contributed by atoms with Crippen LogP contribution in [0.3, 0.4) is 0 Å². The molecule has 1 fully saturated rings. The predicted octanol–water partition coefficient (Wildman–Crippen LogP) is 2.62. The van der Waals surface area contributed by atoms with Crippen molar-refractivity contribution in [2.75, 3.05) is 38.0 Å². The number of rotatable bonds is 5. The molecule has 1 spiro atoms. The molecule has 0 unspecified atom stereocenters. The van der Waals surface area contributed by atoms with Crippen LogP contribution in [0.4, 0.5) is 5.69 Å². The van der Waals surface area contributed by atoms with Crippen LogP contribution >= 0.6 is 11.8 Å². The summed E-state index contributed by atoms with van der Waals surface area (Å²) >= 11 is 1.52. The first-order valence-electron chi connectivity index (χ1n) is 9.09. The van der Waals surface area contributed by atoms with E-state index in [1.54, 1.807) is 16.9 Å². The van der Waals surface area contributed by atoms with Gasteiger partial charge in [0, 0.05) is 25.0 Å². The number of amides is 2. The van der Waals surface area contributed by atoms with Gasteiger partial charge in [-0.15, -0.1) is 11.8 Å². The van der Waals surface area contributed by atoms with E-state index in [9.17, 15) is 9.59 Å². The molecule has 2 aromatic carbocycles. The van der Waals surface area contributed by atoms with Gasteiger partial charge in [-0.05, 0) is 23.8 Å². The molecule has 1 saturated heterocycles. The van der Waals surface area contributed by atoms with Gasteiger partial charge in [-0.25, -0.2) is 0 Å². The summed E-state index contributed by atoms with van der Waals surface area (Å²) in [5.74, 6) is 1.21. The summed E-state index contributed by atoms with van der Waals surface area (Å²) in [4.78, 5) is 28.9. The van der Waals surface area contributed by atoms with Crippen LogP contribution in [0.2, 0.25) is 0 Å². The topological polar surface area (TPSA) is 59.1 Å². The molecular weight excluding hydrogens is 376 g/mol. The van der Waals surface area contributed by atoms with E-state index < -0.39 is 4.87 Å². The quantitative estimate of drug-likeness (QED) is 0.775. The number of methoxy groups -OCH3 is 2. The van der Waals surface area contributed by atoms with Gasteiger partial charge in [-0.2, -0.15) is 0 Å². The van der Waals surface area contributed by atoms with E-state index >= 15 is 0 Å². The number of fused-ring (bicyclic) bond motifs is 2. The lowest BCUT2D eigenvalue weighted by molar-refractivity contribution is -0.143. The van der Waals surface area contributed by atoms with Crippen molar-refractivity contribution in [3.05, 3.63) is 59.7 Å². The smallest absolute Gasteiger partial charge is 0.268 e. The number of nitrogens with zero attached hydrogens (tertiary/aromatic N) is 2. The average Bonchev–Trinajstić information content (AvgIpc) is 3.26. The van der Waals surface area contributed by atoms with Crippen LogP contribution in [-0.4, -0.2) is 49.8 Å². The van der Waals surface area contributed by atoms with Gasteiger partial charge in [0.1, 0.15) is 12.4 Å². The lowest BCUT2D eigenvalue weighted by Crippen LogP contribution is -2.51. The van der Waals surface area contributed by atoms with Gasteiger partial charge < -0.3 is 19.3 Å². The minimum atomic E-state index is -1.01. The van der Waals surface area contributed by atoms with E-state index in [2.05, 4.69) is 0 Å². The Hall–Kier alpha value is -2.51. The van der Waals surface area contributed by atoms with Crippen molar-refractivity contribution in [1.29, 1.82) is 0 Å². The van der Waals surface area contributed by atoms with Crippen LogP contribution in [-0.2, 0) is 25.7 Å². The van der Waals surface area contributed by atoms with Crippen molar-refractivity contribution >= 4 is 29.3 Å². The van der Waals surface area contributed by atoms with Gasteiger partial charge >= 0.3 is 0 Å². The zero-order valence-corrected chi connectivity index (χ0v) is 16.7. The van der Waals surface area contributed by atoms with Crippen LogP contribution < -0.4 is 9.64 Å². The average molecular weight is 398 g/mol. The fraction of sp³-hybridized carbons (Fsp3) is 0.333. The minimum Gasteiger partial charge on any atom is -0.497 e. The maximum absolute atomic E-state index is 13.7. The highest BCUT2D eigenvalue weighted by molar-refractivity contribution is 8.01. The fourth-order valence-corrected chi connectivity index (χ4v) is 5.42. The van der Waals surface area contributed by atoms with Crippen LogP contribution in [0.5, 0.6) is 5.75 Å². The first kappa shape index (κ1) is 18.8. The number of anilines is 1. The Morgan fingerprint density at radius 3 is 2.79 bits per heavy atom. The van der Waals surface area contributed by atoms with Gasteiger partial charge in [0.25, 0.3) is 5.91 Å². The Labute approximate surface area is 168 Å². The molecule has 0 bridgehead atoms. The number of carbonyl (C=O) groups is 2. The summed E-state index contributed by atoms with van der Waals surface area (Å²) in [5.41, 5.74) is 2.69. The molecule has 1 atom stereocenters. The Kier molecular flexibility index (Phi) is 5.03. The normalized spacial score (nSPS) is 20.7. The van der Waals surface area contributed by atoms with E-state index in [1.807, 2.05) is 48.5 Å². The third kappa shape index (κ3) is 2.86. The molecule has 0 radical (unpaired) electrons. The van der Waals surface area contributed by atoms with Crippen LogP contribution in [0.1, 0.15) is 11.1 Å². The van der Waals surface area contributed by atoms with Gasteiger partial charge in [0.15, 0.2) is 4.87 Å². The van der Waals surface area contributed by atoms with Crippen LogP contribution in [0.25, 0.3) is 0 Å². The summed E-state index contributed by atoms with van der Waals surface area (Å²) in [6.07, 6.45) is 0. The van der Waals surface area contributed by atoms with Crippen molar-refractivity contribution in [1.82, 2.24) is 4.90 Å². The van der Waals surface area contributed by atoms with Crippen LogP contribution in [0.15, 0.2) is 48.5 Å². The minimum absolute atomic E-state index is 0.0341. The van der Waals surface area contributed by atoms with Gasteiger partial charge in [0.2, 0.25) is 5.91 Å². The highest BCUT2D eigenvalue weighted by Crippen LogP contribution is 2.54. The zero-order valence-electron chi connectivity index (χ0n) is 15.9.